The number of aryl methyl sites for hydroxylation is 1. The molecule has 0 saturated heterocycles. The number of ether oxygens (including phenoxy) is 1. The molecule has 0 atom stereocenters. The molecule has 0 radical (unpaired) electrons. The van der Waals surface area contributed by atoms with E-state index >= 15 is 0 Å². The summed E-state index contributed by atoms with van der Waals surface area (Å²) in [4.78, 5) is -0.0390. The lowest BCUT2D eigenvalue weighted by Crippen LogP contribution is -2.15. The van der Waals surface area contributed by atoms with Crippen molar-refractivity contribution in [3.05, 3.63) is 47.8 Å². The Bertz CT molecular complexity index is 776. The highest BCUT2D eigenvalue weighted by molar-refractivity contribution is 7.92. The third-order valence-corrected chi connectivity index (χ3v) is 4.31. The van der Waals surface area contributed by atoms with Crippen LogP contribution in [0, 0.1) is 12.7 Å². The number of benzene rings is 2. The smallest absolute Gasteiger partial charge is 0.265 e. The molecule has 0 amide bonds. The Balaban J connectivity index is 2.43. The Labute approximate surface area is 122 Å². The van der Waals surface area contributed by atoms with Crippen LogP contribution in [-0.4, -0.2) is 15.5 Å². The summed E-state index contributed by atoms with van der Waals surface area (Å²) in [5, 5.41) is 0. The van der Waals surface area contributed by atoms with E-state index in [2.05, 4.69) is 4.72 Å². The van der Waals surface area contributed by atoms with E-state index in [0.717, 1.165) is 0 Å². The Morgan fingerprint density at radius 3 is 2.52 bits per heavy atom. The van der Waals surface area contributed by atoms with Crippen LogP contribution in [0.4, 0.5) is 15.8 Å². The van der Waals surface area contributed by atoms with Gasteiger partial charge in [0, 0.05) is 11.8 Å². The fourth-order valence-corrected chi connectivity index (χ4v) is 3.13. The zero-order chi connectivity index (χ0) is 15.6. The molecule has 0 unspecified atom stereocenters. The molecule has 2 rings (SSSR count). The van der Waals surface area contributed by atoms with Gasteiger partial charge < -0.3 is 10.5 Å². The molecule has 0 aromatic heterocycles. The largest absolute Gasteiger partial charge is 0.495 e. The normalized spacial score (nSPS) is 11.2. The molecule has 0 aliphatic rings. The predicted octanol–water partition coefficient (Wildman–Crippen LogP) is 2.53. The van der Waals surface area contributed by atoms with Crippen molar-refractivity contribution in [1.82, 2.24) is 0 Å². The highest BCUT2D eigenvalue weighted by Crippen LogP contribution is 2.28. The Morgan fingerprint density at radius 1 is 1.19 bits per heavy atom. The first-order valence-electron chi connectivity index (χ1n) is 6.06. The average molecular weight is 310 g/mol. The van der Waals surface area contributed by atoms with Crippen molar-refractivity contribution in [2.24, 2.45) is 0 Å². The topological polar surface area (TPSA) is 81.4 Å². The van der Waals surface area contributed by atoms with Gasteiger partial charge in [-0.25, -0.2) is 12.8 Å². The summed E-state index contributed by atoms with van der Waals surface area (Å²) in [5.74, 6) is -0.289. The first-order valence-corrected chi connectivity index (χ1v) is 7.54. The minimum Gasteiger partial charge on any atom is -0.495 e. The Morgan fingerprint density at radius 2 is 1.90 bits per heavy atom. The number of methoxy groups -OCH3 is 1. The Hall–Kier alpha value is -2.28. The average Bonchev–Trinajstić information content (AvgIpc) is 2.41. The van der Waals surface area contributed by atoms with Crippen molar-refractivity contribution in [3.8, 4) is 5.75 Å². The van der Waals surface area contributed by atoms with Gasteiger partial charge in [0.1, 0.15) is 16.5 Å². The van der Waals surface area contributed by atoms with Crippen molar-refractivity contribution < 1.29 is 17.5 Å². The van der Waals surface area contributed by atoms with Crippen molar-refractivity contribution in [2.45, 2.75) is 11.8 Å². The second kappa shape index (κ2) is 5.61. The standard InChI is InChI=1S/C14H15FN2O3S/c1-9-7-10(15)3-5-12(9)17-21(18,19)14-6-4-11(16)8-13(14)20-2/h3-8,17H,16H2,1-2H3. The zero-order valence-corrected chi connectivity index (χ0v) is 12.4. The maximum Gasteiger partial charge on any atom is 0.265 e. The van der Waals surface area contributed by atoms with Gasteiger partial charge in [0.05, 0.1) is 12.8 Å². The van der Waals surface area contributed by atoms with E-state index in [-0.39, 0.29) is 10.6 Å². The molecule has 0 saturated carbocycles. The maximum absolute atomic E-state index is 13.1. The number of anilines is 2. The van der Waals surface area contributed by atoms with Crippen LogP contribution in [0.1, 0.15) is 5.56 Å². The summed E-state index contributed by atoms with van der Waals surface area (Å²) in [6, 6.07) is 8.05. The number of halogens is 1. The fourth-order valence-electron chi connectivity index (χ4n) is 1.85. The lowest BCUT2D eigenvalue weighted by molar-refractivity contribution is 0.403. The van der Waals surface area contributed by atoms with Crippen molar-refractivity contribution in [1.29, 1.82) is 0 Å². The molecule has 112 valence electrons. The lowest BCUT2D eigenvalue weighted by atomic mass is 10.2. The summed E-state index contributed by atoms with van der Waals surface area (Å²) < 4.78 is 45.3. The third-order valence-electron chi connectivity index (χ3n) is 2.91. The first kappa shape index (κ1) is 15.1. The molecule has 2 aromatic carbocycles. The molecule has 0 aliphatic carbocycles. The van der Waals surface area contributed by atoms with Crippen LogP contribution in [0.5, 0.6) is 5.75 Å². The fraction of sp³-hybridized carbons (Fsp3) is 0.143. The van der Waals surface area contributed by atoms with Crippen LogP contribution in [-0.2, 0) is 10.0 Å². The van der Waals surface area contributed by atoms with Gasteiger partial charge in [-0.15, -0.1) is 0 Å². The quantitative estimate of drug-likeness (QED) is 0.850. The molecule has 0 aliphatic heterocycles. The van der Waals surface area contributed by atoms with E-state index in [4.69, 9.17) is 10.5 Å². The second-order valence-corrected chi connectivity index (χ2v) is 6.13. The summed E-state index contributed by atoms with van der Waals surface area (Å²) in [6.07, 6.45) is 0. The minimum atomic E-state index is -3.86. The van der Waals surface area contributed by atoms with E-state index < -0.39 is 15.8 Å². The SMILES string of the molecule is COc1cc(N)ccc1S(=O)(=O)Nc1ccc(F)cc1C. The molecule has 21 heavy (non-hydrogen) atoms. The number of nitrogens with two attached hydrogens (primary N) is 1. The van der Waals surface area contributed by atoms with Gasteiger partial charge in [-0.3, -0.25) is 4.72 Å². The van der Waals surface area contributed by atoms with E-state index in [9.17, 15) is 12.8 Å². The zero-order valence-electron chi connectivity index (χ0n) is 11.6. The molecule has 2 aromatic rings. The molecule has 0 fully saturated rings. The lowest BCUT2D eigenvalue weighted by Gasteiger charge is -2.13. The molecule has 5 nitrogen and oxygen atoms in total. The maximum atomic E-state index is 13.1. The second-order valence-electron chi connectivity index (χ2n) is 4.48. The van der Waals surface area contributed by atoms with Gasteiger partial charge in [0.25, 0.3) is 10.0 Å². The van der Waals surface area contributed by atoms with E-state index in [1.807, 2.05) is 0 Å². The van der Waals surface area contributed by atoms with E-state index in [0.29, 0.717) is 16.9 Å². The molecular weight excluding hydrogens is 295 g/mol. The van der Waals surface area contributed by atoms with Crippen molar-refractivity contribution >= 4 is 21.4 Å². The highest BCUT2D eigenvalue weighted by atomic mass is 32.2. The van der Waals surface area contributed by atoms with Crippen LogP contribution < -0.4 is 15.2 Å². The number of hydrogen-bond donors (Lipinski definition) is 2. The summed E-state index contributed by atoms with van der Waals surface area (Å²) in [7, 11) is -2.50. The molecule has 3 N–H and O–H groups in total. The summed E-state index contributed by atoms with van der Waals surface area (Å²) in [5.41, 5.74) is 6.78. The van der Waals surface area contributed by atoms with Gasteiger partial charge >= 0.3 is 0 Å². The minimum absolute atomic E-state index is 0.0390. The van der Waals surface area contributed by atoms with Gasteiger partial charge in [0.15, 0.2) is 0 Å². The Kier molecular flexibility index (Phi) is 4.04. The van der Waals surface area contributed by atoms with Crippen molar-refractivity contribution in [2.75, 3.05) is 17.6 Å². The number of hydrogen-bond acceptors (Lipinski definition) is 4. The number of sulfonamides is 1. The van der Waals surface area contributed by atoms with Gasteiger partial charge in [-0.2, -0.15) is 0 Å². The van der Waals surface area contributed by atoms with Crippen LogP contribution in [0.25, 0.3) is 0 Å². The monoisotopic (exact) mass is 310 g/mol. The number of nitrogens with one attached hydrogen (secondary N) is 1. The molecule has 0 bridgehead atoms. The van der Waals surface area contributed by atoms with Crippen molar-refractivity contribution in [3.63, 3.8) is 0 Å². The summed E-state index contributed by atoms with van der Waals surface area (Å²) in [6.45, 7) is 1.61. The molecule has 7 heteroatoms. The van der Waals surface area contributed by atoms with Crippen LogP contribution in [0.2, 0.25) is 0 Å². The molecular formula is C14H15FN2O3S. The number of nitrogen functional groups attached to an aromatic ring is 1. The summed E-state index contributed by atoms with van der Waals surface area (Å²) >= 11 is 0. The van der Waals surface area contributed by atoms with Crippen LogP contribution in [0.3, 0.4) is 0 Å². The molecule has 0 heterocycles. The van der Waals surface area contributed by atoms with Gasteiger partial charge in [-0.05, 0) is 42.8 Å². The first-order chi connectivity index (χ1) is 9.83. The van der Waals surface area contributed by atoms with Crippen LogP contribution in [0.15, 0.2) is 41.3 Å². The van der Waals surface area contributed by atoms with Gasteiger partial charge in [-0.1, -0.05) is 0 Å². The van der Waals surface area contributed by atoms with Crippen LogP contribution >= 0.6 is 0 Å². The highest BCUT2D eigenvalue weighted by Gasteiger charge is 2.20. The van der Waals surface area contributed by atoms with E-state index in [1.54, 1.807) is 6.92 Å². The number of rotatable bonds is 4. The van der Waals surface area contributed by atoms with Gasteiger partial charge in [0.2, 0.25) is 0 Å². The third kappa shape index (κ3) is 3.25. The van der Waals surface area contributed by atoms with E-state index in [1.165, 1.54) is 43.5 Å². The predicted molar refractivity (Wildman–Crippen MR) is 79.4 cm³/mol. The molecule has 0 spiro atoms.